The standard InChI is InChI=1S/C21H27ClN2O4/c1-4-27-19-12-16(13-23-9-10-26-3)11-18(22)21(19)28-14-20(25)24-17-7-5-15(2)6-8-17/h5-8,11-12,23H,4,9-10,13-14H2,1-3H3,(H,24,25). The zero-order valence-corrected chi connectivity index (χ0v) is 17.3. The van der Waals surface area contributed by atoms with Gasteiger partial charge in [0, 0.05) is 25.9 Å². The summed E-state index contributed by atoms with van der Waals surface area (Å²) in [6.07, 6.45) is 0. The van der Waals surface area contributed by atoms with Crippen LogP contribution in [0.3, 0.4) is 0 Å². The van der Waals surface area contributed by atoms with Gasteiger partial charge in [0.2, 0.25) is 0 Å². The molecule has 0 aliphatic carbocycles. The molecule has 0 radical (unpaired) electrons. The van der Waals surface area contributed by atoms with Crippen LogP contribution in [-0.4, -0.2) is 39.4 Å². The third kappa shape index (κ3) is 7.03. The van der Waals surface area contributed by atoms with Crippen molar-refractivity contribution in [2.45, 2.75) is 20.4 Å². The van der Waals surface area contributed by atoms with E-state index >= 15 is 0 Å². The molecule has 0 heterocycles. The normalized spacial score (nSPS) is 10.6. The van der Waals surface area contributed by atoms with Crippen molar-refractivity contribution in [3.05, 3.63) is 52.5 Å². The number of benzene rings is 2. The van der Waals surface area contributed by atoms with Crippen molar-refractivity contribution in [3.63, 3.8) is 0 Å². The van der Waals surface area contributed by atoms with Gasteiger partial charge in [0.15, 0.2) is 18.1 Å². The highest BCUT2D eigenvalue weighted by Gasteiger charge is 2.14. The van der Waals surface area contributed by atoms with Crippen molar-refractivity contribution in [1.82, 2.24) is 5.32 Å². The van der Waals surface area contributed by atoms with Crippen LogP contribution in [0, 0.1) is 6.92 Å². The molecule has 0 saturated carbocycles. The number of hydrogen-bond acceptors (Lipinski definition) is 5. The van der Waals surface area contributed by atoms with Crippen molar-refractivity contribution >= 4 is 23.2 Å². The number of rotatable bonds is 11. The highest BCUT2D eigenvalue weighted by Crippen LogP contribution is 2.36. The summed E-state index contributed by atoms with van der Waals surface area (Å²) in [5.74, 6) is 0.609. The van der Waals surface area contributed by atoms with Gasteiger partial charge in [0.05, 0.1) is 18.2 Å². The fourth-order valence-electron chi connectivity index (χ4n) is 2.51. The quantitative estimate of drug-likeness (QED) is 0.555. The molecule has 0 unspecified atom stereocenters. The van der Waals surface area contributed by atoms with Crippen LogP contribution in [0.2, 0.25) is 5.02 Å². The van der Waals surface area contributed by atoms with Crippen molar-refractivity contribution in [2.24, 2.45) is 0 Å². The Bertz CT molecular complexity index is 766. The molecule has 28 heavy (non-hydrogen) atoms. The topological polar surface area (TPSA) is 68.8 Å². The van der Waals surface area contributed by atoms with Crippen LogP contribution >= 0.6 is 11.6 Å². The Hall–Kier alpha value is -2.28. The maximum absolute atomic E-state index is 12.2. The van der Waals surface area contributed by atoms with Crippen molar-refractivity contribution in [1.29, 1.82) is 0 Å². The van der Waals surface area contributed by atoms with Crippen LogP contribution in [0.5, 0.6) is 11.5 Å². The lowest BCUT2D eigenvalue weighted by Crippen LogP contribution is -2.21. The summed E-state index contributed by atoms with van der Waals surface area (Å²) >= 11 is 6.38. The lowest BCUT2D eigenvalue weighted by atomic mass is 10.2. The number of nitrogens with one attached hydrogen (secondary N) is 2. The second kappa shape index (κ2) is 11.5. The molecule has 152 valence electrons. The molecular weight excluding hydrogens is 380 g/mol. The van der Waals surface area contributed by atoms with E-state index < -0.39 is 0 Å². The second-order valence-corrected chi connectivity index (χ2v) is 6.62. The van der Waals surface area contributed by atoms with Gasteiger partial charge < -0.3 is 24.8 Å². The molecule has 0 atom stereocenters. The Labute approximate surface area is 171 Å². The Kier molecular flexibility index (Phi) is 9.07. The van der Waals surface area contributed by atoms with Gasteiger partial charge >= 0.3 is 0 Å². The smallest absolute Gasteiger partial charge is 0.262 e. The summed E-state index contributed by atoms with van der Waals surface area (Å²) in [5.41, 5.74) is 2.80. The molecule has 0 saturated heterocycles. The molecule has 2 aromatic carbocycles. The minimum Gasteiger partial charge on any atom is -0.490 e. The fourth-order valence-corrected chi connectivity index (χ4v) is 2.79. The molecule has 0 aliphatic heterocycles. The summed E-state index contributed by atoms with van der Waals surface area (Å²) in [4.78, 5) is 12.2. The third-order valence-corrected chi connectivity index (χ3v) is 4.14. The van der Waals surface area contributed by atoms with Gasteiger partial charge in [-0.2, -0.15) is 0 Å². The van der Waals surface area contributed by atoms with Gasteiger partial charge in [-0.3, -0.25) is 4.79 Å². The van der Waals surface area contributed by atoms with Crippen LogP contribution < -0.4 is 20.1 Å². The molecule has 2 N–H and O–H groups in total. The lowest BCUT2D eigenvalue weighted by Gasteiger charge is -2.15. The van der Waals surface area contributed by atoms with Crippen LogP contribution in [0.1, 0.15) is 18.1 Å². The zero-order chi connectivity index (χ0) is 20.4. The molecule has 7 heteroatoms. The molecule has 0 bridgehead atoms. The maximum atomic E-state index is 12.2. The van der Waals surface area contributed by atoms with Gasteiger partial charge in [-0.05, 0) is 43.7 Å². The van der Waals surface area contributed by atoms with E-state index in [1.54, 1.807) is 13.2 Å². The maximum Gasteiger partial charge on any atom is 0.262 e. The Morgan fingerprint density at radius 2 is 1.89 bits per heavy atom. The Morgan fingerprint density at radius 3 is 2.57 bits per heavy atom. The third-order valence-electron chi connectivity index (χ3n) is 3.86. The second-order valence-electron chi connectivity index (χ2n) is 6.21. The zero-order valence-electron chi connectivity index (χ0n) is 16.5. The van der Waals surface area contributed by atoms with Crippen molar-refractivity contribution < 1.29 is 19.0 Å². The number of aryl methyl sites for hydroxylation is 1. The molecule has 0 spiro atoms. The molecule has 1 amide bonds. The number of anilines is 1. The van der Waals surface area contributed by atoms with Gasteiger partial charge in [-0.1, -0.05) is 29.3 Å². The predicted molar refractivity (Wildman–Crippen MR) is 112 cm³/mol. The molecule has 0 fully saturated rings. The first-order valence-corrected chi connectivity index (χ1v) is 9.55. The van der Waals surface area contributed by atoms with Crippen LogP contribution in [-0.2, 0) is 16.1 Å². The van der Waals surface area contributed by atoms with E-state index in [0.29, 0.717) is 42.0 Å². The van der Waals surface area contributed by atoms with E-state index in [-0.39, 0.29) is 12.5 Å². The minimum atomic E-state index is -0.271. The van der Waals surface area contributed by atoms with Crippen LogP contribution in [0.25, 0.3) is 0 Å². The minimum absolute atomic E-state index is 0.168. The molecular formula is C21H27ClN2O4. The van der Waals surface area contributed by atoms with E-state index in [0.717, 1.165) is 17.7 Å². The summed E-state index contributed by atoms with van der Waals surface area (Å²) < 4.78 is 16.3. The molecule has 2 rings (SSSR count). The molecule has 6 nitrogen and oxygen atoms in total. The molecule has 2 aromatic rings. The van der Waals surface area contributed by atoms with Crippen molar-refractivity contribution in [2.75, 3.05) is 38.8 Å². The van der Waals surface area contributed by atoms with Crippen LogP contribution in [0.15, 0.2) is 36.4 Å². The number of hydrogen-bond donors (Lipinski definition) is 2. The Balaban J connectivity index is 2.00. The Morgan fingerprint density at radius 1 is 1.14 bits per heavy atom. The average Bonchev–Trinajstić information content (AvgIpc) is 2.67. The first-order valence-electron chi connectivity index (χ1n) is 9.17. The SMILES string of the molecule is CCOc1cc(CNCCOC)cc(Cl)c1OCC(=O)Nc1ccc(C)cc1. The number of carbonyl (C=O) groups excluding carboxylic acids is 1. The molecule has 0 aliphatic rings. The highest BCUT2D eigenvalue weighted by atomic mass is 35.5. The summed E-state index contributed by atoms with van der Waals surface area (Å²) in [6.45, 7) is 6.14. The highest BCUT2D eigenvalue weighted by molar-refractivity contribution is 6.32. The molecule has 0 aromatic heterocycles. The monoisotopic (exact) mass is 406 g/mol. The lowest BCUT2D eigenvalue weighted by molar-refractivity contribution is -0.118. The largest absolute Gasteiger partial charge is 0.490 e. The number of ether oxygens (including phenoxy) is 3. The number of amides is 1. The first-order chi connectivity index (χ1) is 13.5. The van der Waals surface area contributed by atoms with Gasteiger partial charge in [-0.25, -0.2) is 0 Å². The van der Waals surface area contributed by atoms with E-state index in [1.807, 2.05) is 44.2 Å². The first kappa shape index (κ1) is 22.0. The fraction of sp³-hybridized carbons (Fsp3) is 0.381. The number of methoxy groups -OCH3 is 1. The van der Waals surface area contributed by atoms with E-state index in [4.69, 9.17) is 25.8 Å². The van der Waals surface area contributed by atoms with Crippen molar-refractivity contribution in [3.8, 4) is 11.5 Å². The summed E-state index contributed by atoms with van der Waals surface area (Å²) in [6, 6.07) is 11.2. The van der Waals surface area contributed by atoms with E-state index in [9.17, 15) is 4.79 Å². The predicted octanol–water partition coefficient (Wildman–Crippen LogP) is 3.80. The van der Waals surface area contributed by atoms with Gasteiger partial charge in [0.25, 0.3) is 5.91 Å². The number of halogens is 1. The van der Waals surface area contributed by atoms with Gasteiger partial charge in [-0.15, -0.1) is 0 Å². The van der Waals surface area contributed by atoms with Crippen LogP contribution in [0.4, 0.5) is 5.69 Å². The summed E-state index contributed by atoms with van der Waals surface area (Å²) in [5, 5.41) is 6.45. The average molecular weight is 407 g/mol. The number of carbonyl (C=O) groups is 1. The van der Waals surface area contributed by atoms with E-state index in [2.05, 4.69) is 10.6 Å². The van der Waals surface area contributed by atoms with Gasteiger partial charge in [0.1, 0.15) is 0 Å². The summed E-state index contributed by atoms with van der Waals surface area (Å²) in [7, 11) is 1.66. The van der Waals surface area contributed by atoms with E-state index in [1.165, 1.54) is 0 Å².